The Balaban J connectivity index is 0.00000200. The van der Waals surface area contributed by atoms with Gasteiger partial charge in [0.05, 0.1) is 0 Å². The Bertz CT molecular complexity index is 410. The molecule has 0 radical (unpaired) electrons. The van der Waals surface area contributed by atoms with E-state index in [1.165, 1.54) is 37.1 Å². The predicted octanol–water partition coefficient (Wildman–Crippen LogP) is 2.20. The van der Waals surface area contributed by atoms with E-state index < -0.39 is 0 Å². The first-order valence-electron chi connectivity index (χ1n) is 7.00. The topological polar surface area (TPSA) is 39.7 Å². The van der Waals surface area contributed by atoms with E-state index in [2.05, 4.69) is 44.8 Å². The molecule has 1 aliphatic rings. The summed E-state index contributed by atoms with van der Waals surface area (Å²) in [5.41, 5.74) is 2.69. The van der Waals surface area contributed by atoms with E-state index >= 15 is 0 Å². The smallest absolute Gasteiger partial charge is 0.190 e. The van der Waals surface area contributed by atoms with Crippen LogP contribution >= 0.6 is 24.0 Å². The van der Waals surface area contributed by atoms with Crippen LogP contribution in [0.25, 0.3) is 0 Å². The molecule has 5 heteroatoms. The fraction of sp³-hybridized carbons (Fsp3) is 0.533. The number of aliphatic imine (C=N–C) groups is 1. The Morgan fingerprint density at radius 1 is 1.15 bits per heavy atom. The average molecular weight is 388 g/mol. The molecular formula is C15H25IN4. The second-order valence-electron chi connectivity index (χ2n) is 4.98. The number of hydrogen-bond donors (Lipinski definition) is 2. The van der Waals surface area contributed by atoms with Gasteiger partial charge in [-0.1, -0.05) is 24.3 Å². The molecule has 0 saturated carbocycles. The summed E-state index contributed by atoms with van der Waals surface area (Å²) in [6, 6.07) is 8.86. The highest BCUT2D eigenvalue weighted by molar-refractivity contribution is 14.0. The average Bonchev–Trinajstić information content (AvgIpc) is 2.95. The van der Waals surface area contributed by atoms with E-state index in [0.29, 0.717) is 0 Å². The van der Waals surface area contributed by atoms with Gasteiger partial charge in [-0.05, 0) is 37.1 Å². The number of halogens is 1. The fourth-order valence-electron chi connectivity index (χ4n) is 2.43. The van der Waals surface area contributed by atoms with Crippen molar-refractivity contribution < 1.29 is 0 Å². The summed E-state index contributed by atoms with van der Waals surface area (Å²) in [6.07, 6.45) is 2.70. The van der Waals surface area contributed by atoms with Crippen molar-refractivity contribution in [3.05, 3.63) is 35.4 Å². The van der Waals surface area contributed by atoms with E-state index in [-0.39, 0.29) is 24.0 Å². The molecule has 0 atom stereocenters. The third-order valence-corrected chi connectivity index (χ3v) is 3.55. The molecule has 112 valence electrons. The number of hydrogen-bond acceptors (Lipinski definition) is 2. The van der Waals surface area contributed by atoms with Crippen LogP contribution in [0, 0.1) is 0 Å². The Morgan fingerprint density at radius 3 is 2.30 bits per heavy atom. The van der Waals surface area contributed by atoms with Gasteiger partial charge >= 0.3 is 0 Å². The third-order valence-electron chi connectivity index (χ3n) is 3.55. The fourth-order valence-corrected chi connectivity index (χ4v) is 2.43. The van der Waals surface area contributed by atoms with Crippen molar-refractivity contribution in [3.8, 4) is 0 Å². The van der Waals surface area contributed by atoms with Crippen molar-refractivity contribution in [3.63, 3.8) is 0 Å². The van der Waals surface area contributed by atoms with Gasteiger partial charge in [0.1, 0.15) is 0 Å². The minimum atomic E-state index is 0. The van der Waals surface area contributed by atoms with Crippen molar-refractivity contribution in [1.29, 1.82) is 0 Å². The molecular weight excluding hydrogens is 363 g/mol. The number of nitrogens with zero attached hydrogens (tertiary/aromatic N) is 2. The van der Waals surface area contributed by atoms with Gasteiger partial charge in [0.2, 0.25) is 0 Å². The molecule has 0 bridgehead atoms. The van der Waals surface area contributed by atoms with Crippen molar-refractivity contribution in [2.75, 3.05) is 27.2 Å². The number of nitrogens with one attached hydrogen (secondary N) is 2. The highest BCUT2D eigenvalue weighted by atomic mass is 127. The Kier molecular flexibility index (Phi) is 7.91. The number of likely N-dealkylation sites (tertiary alicyclic amines) is 1. The SMILES string of the molecule is CN=C(NC)NCc1ccc(CN2CCCC2)cc1.I. The van der Waals surface area contributed by atoms with E-state index in [9.17, 15) is 0 Å². The molecule has 4 nitrogen and oxygen atoms in total. The summed E-state index contributed by atoms with van der Waals surface area (Å²) in [4.78, 5) is 6.62. The van der Waals surface area contributed by atoms with Gasteiger partial charge in [-0.2, -0.15) is 0 Å². The monoisotopic (exact) mass is 388 g/mol. The van der Waals surface area contributed by atoms with Gasteiger partial charge in [0, 0.05) is 27.2 Å². The zero-order valence-corrected chi connectivity index (χ0v) is 14.7. The first-order chi connectivity index (χ1) is 9.31. The maximum atomic E-state index is 4.10. The normalized spacial score (nSPS) is 15.8. The van der Waals surface area contributed by atoms with Crippen LogP contribution in [0.3, 0.4) is 0 Å². The first-order valence-corrected chi connectivity index (χ1v) is 7.00. The summed E-state index contributed by atoms with van der Waals surface area (Å²) in [6.45, 7) is 4.40. The van der Waals surface area contributed by atoms with Gasteiger partial charge < -0.3 is 10.6 Å². The van der Waals surface area contributed by atoms with Gasteiger partial charge in [-0.25, -0.2) is 0 Å². The minimum Gasteiger partial charge on any atom is -0.359 e. The summed E-state index contributed by atoms with van der Waals surface area (Å²) in [5.74, 6) is 0.821. The molecule has 1 fully saturated rings. The lowest BCUT2D eigenvalue weighted by molar-refractivity contribution is 0.331. The lowest BCUT2D eigenvalue weighted by atomic mass is 10.1. The lowest BCUT2D eigenvalue weighted by Gasteiger charge is -2.15. The molecule has 20 heavy (non-hydrogen) atoms. The lowest BCUT2D eigenvalue weighted by Crippen LogP contribution is -2.34. The van der Waals surface area contributed by atoms with Gasteiger partial charge in [-0.3, -0.25) is 9.89 Å². The summed E-state index contributed by atoms with van der Waals surface area (Å²) in [7, 11) is 3.65. The molecule has 0 unspecified atom stereocenters. The van der Waals surface area contributed by atoms with Crippen molar-refractivity contribution in [2.24, 2.45) is 4.99 Å². The van der Waals surface area contributed by atoms with Crippen LogP contribution in [0.4, 0.5) is 0 Å². The van der Waals surface area contributed by atoms with Crippen molar-refractivity contribution in [2.45, 2.75) is 25.9 Å². The standard InChI is InChI=1S/C15H24N4.HI/c1-16-15(17-2)18-11-13-5-7-14(8-6-13)12-19-9-3-4-10-19;/h5-8H,3-4,9-12H2,1-2H3,(H2,16,17,18);1H. The van der Waals surface area contributed by atoms with E-state index in [0.717, 1.165) is 19.0 Å². The number of benzene rings is 1. The van der Waals surface area contributed by atoms with Crippen LogP contribution in [0.2, 0.25) is 0 Å². The van der Waals surface area contributed by atoms with Crippen molar-refractivity contribution >= 4 is 29.9 Å². The molecule has 0 aromatic heterocycles. The first kappa shape index (κ1) is 17.2. The van der Waals surface area contributed by atoms with Crippen LogP contribution in [-0.4, -0.2) is 38.0 Å². The second-order valence-corrected chi connectivity index (χ2v) is 4.98. The van der Waals surface area contributed by atoms with Crippen LogP contribution in [0.1, 0.15) is 24.0 Å². The maximum Gasteiger partial charge on any atom is 0.190 e. The Labute approximate surface area is 139 Å². The van der Waals surface area contributed by atoms with Gasteiger partial charge in [0.15, 0.2) is 5.96 Å². The third kappa shape index (κ3) is 5.28. The van der Waals surface area contributed by atoms with Crippen LogP contribution in [0.5, 0.6) is 0 Å². The molecule has 0 aliphatic carbocycles. The zero-order chi connectivity index (χ0) is 13.5. The zero-order valence-electron chi connectivity index (χ0n) is 12.4. The van der Waals surface area contributed by atoms with Crippen LogP contribution in [-0.2, 0) is 13.1 Å². The highest BCUT2D eigenvalue weighted by Gasteiger charge is 2.11. The Morgan fingerprint density at radius 2 is 1.75 bits per heavy atom. The molecule has 1 aromatic rings. The molecule has 1 saturated heterocycles. The number of rotatable bonds is 4. The van der Waals surface area contributed by atoms with E-state index in [4.69, 9.17) is 0 Å². The Hall–Kier alpha value is -0.820. The molecule has 0 spiro atoms. The van der Waals surface area contributed by atoms with Gasteiger partial charge in [-0.15, -0.1) is 24.0 Å². The molecule has 2 rings (SSSR count). The second kappa shape index (κ2) is 9.18. The maximum absolute atomic E-state index is 4.10. The summed E-state index contributed by atoms with van der Waals surface area (Å²) in [5, 5.41) is 6.27. The van der Waals surface area contributed by atoms with Crippen LogP contribution in [0.15, 0.2) is 29.3 Å². The quantitative estimate of drug-likeness (QED) is 0.472. The number of guanidine groups is 1. The summed E-state index contributed by atoms with van der Waals surface area (Å²) < 4.78 is 0. The van der Waals surface area contributed by atoms with Gasteiger partial charge in [0.25, 0.3) is 0 Å². The van der Waals surface area contributed by atoms with Crippen LogP contribution < -0.4 is 10.6 Å². The minimum absolute atomic E-state index is 0. The van der Waals surface area contributed by atoms with E-state index in [1.807, 2.05) is 7.05 Å². The summed E-state index contributed by atoms with van der Waals surface area (Å²) >= 11 is 0. The molecule has 0 amide bonds. The molecule has 1 aliphatic heterocycles. The highest BCUT2D eigenvalue weighted by Crippen LogP contribution is 2.13. The molecule has 1 aromatic carbocycles. The molecule has 1 heterocycles. The molecule has 2 N–H and O–H groups in total. The largest absolute Gasteiger partial charge is 0.359 e. The van der Waals surface area contributed by atoms with E-state index in [1.54, 1.807) is 7.05 Å². The van der Waals surface area contributed by atoms with Crippen molar-refractivity contribution in [1.82, 2.24) is 15.5 Å². The predicted molar refractivity (Wildman–Crippen MR) is 95.6 cm³/mol.